The van der Waals surface area contributed by atoms with Crippen molar-refractivity contribution in [3.63, 3.8) is 0 Å². The van der Waals surface area contributed by atoms with Crippen LogP contribution < -0.4 is 0 Å². The van der Waals surface area contributed by atoms with Crippen LogP contribution in [0.3, 0.4) is 0 Å². The summed E-state index contributed by atoms with van der Waals surface area (Å²) in [7, 11) is 0. The van der Waals surface area contributed by atoms with Crippen LogP contribution in [0.25, 0.3) is 0 Å². The van der Waals surface area contributed by atoms with Crippen molar-refractivity contribution < 1.29 is 33.7 Å². The zero-order valence-corrected chi connectivity index (χ0v) is 18.1. The number of ether oxygens (including phenoxy) is 1. The Hall–Kier alpha value is -2.28. The first-order valence-corrected chi connectivity index (χ1v) is 10.8. The van der Waals surface area contributed by atoms with Gasteiger partial charge in [0.1, 0.15) is 0 Å². The van der Waals surface area contributed by atoms with E-state index in [1.54, 1.807) is 26.8 Å². The molecular formula is C24H29FO6. The van der Waals surface area contributed by atoms with Crippen molar-refractivity contribution in [3.8, 4) is 0 Å². The fourth-order valence-corrected chi connectivity index (χ4v) is 7.03. The van der Waals surface area contributed by atoms with Gasteiger partial charge in [-0.15, -0.1) is 0 Å². The smallest absolute Gasteiger partial charge is 0.353 e. The van der Waals surface area contributed by atoms with Crippen LogP contribution in [0.4, 0.5) is 4.39 Å². The maximum Gasteiger partial charge on any atom is 0.353 e. The molecule has 0 saturated heterocycles. The van der Waals surface area contributed by atoms with Crippen molar-refractivity contribution in [3.05, 3.63) is 36.0 Å². The van der Waals surface area contributed by atoms with Gasteiger partial charge in [-0.25, -0.2) is 9.18 Å². The highest BCUT2D eigenvalue weighted by molar-refractivity contribution is 6.01. The number of rotatable bonds is 3. The molecule has 0 bridgehead atoms. The summed E-state index contributed by atoms with van der Waals surface area (Å²) in [5.41, 5.74) is -5.59. The second-order valence-corrected chi connectivity index (χ2v) is 9.89. The number of aliphatic carboxylic acids is 1. The third-order valence-corrected chi connectivity index (χ3v) is 8.66. The molecule has 0 aromatic rings. The first-order valence-electron chi connectivity index (χ1n) is 10.8. The Labute approximate surface area is 180 Å². The molecule has 4 aliphatic rings. The van der Waals surface area contributed by atoms with Gasteiger partial charge in [-0.2, -0.15) is 0 Å². The van der Waals surface area contributed by atoms with Crippen molar-refractivity contribution in [2.24, 2.45) is 22.7 Å². The lowest BCUT2D eigenvalue weighted by atomic mass is 9.45. The van der Waals surface area contributed by atoms with Crippen molar-refractivity contribution in [2.75, 3.05) is 0 Å². The van der Waals surface area contributed by atoms with Gasteiger partial charge in [0.2, 0.25) is 5.60 Å². The van der Waals surface area contributed by atoms with E-state index in [4.69, 9.17) is 4.74 Å². The molecule has 0 aliphatic heterocycles. The number of carboxylic acids is 1. The summed E-state index contributed by atoms with van der Waals surface area (Å²) in [6.07, 6.45) is 3.67. The lowest BCUT2D eigenvalue weighted by molar-refractivity contribution is -0.227. The van der Waals surface area contributed by atoms with E-state index in [9.17, 15) is 24.6 Å². The third-order valence-electron chi connectivity index (χ3n) is 8.66. The summed E-state index contributed by atoms with van der Waals surface area (Å²) < 4.78 is 22.6. The number of esters is 1. The predicted octanol–water partition coefficient (Wildman–Crippen LogP) is 3.30. The molecule has 6 nitrogen and oxygen atoms in total. The van der Waals surface area contributed by atoms with Gasteiger partial charge in [-0.1, -0.05) is 32.1 Å². The van der Waals surface area contributed by atoms with Crippen LogP contribution in [-0.4, -0.2) is 45.3 Å². The Balaban J connectivity index is 1.85. The Bertz CT molecular complexity index is 952. The molecular weight excluding hydrogens is 403 g/mol. The Morgan fingerprint density at radius 3 is 2.61 bits per heavy atom. The maximum atomic E-state index is 17.0. The zero-order chi connectivity index (χ0) is 23.0. The zero-order valence-electron chi connectivity index (χ0n) is 18.1. The van der Waals surface area contributed by atoms with E-state index in [-0.39, 0.29) is 30.6 Å². The van der Waals surface area contributed by atoms with Crippen LogP contribution in [0.5, 0.6) is 0 Å². The monoisotopic (exact) mass is 432 g/mol. The van der Waals surface area contributed by atoms with Gasteiger partial charge in [0.05, 0.1) is 6.10 Å². The van der Waals surface area contributed by atoms with Gasteiger partial charge < -0.3 is 14.9 Å². The molecule has 2 N–H and O–H groups in total. The number of aliphatic hydroxyl groups is 1. The molecule has 4 aliphatic carbocycles. The van der Waals surface area contributed by atoms with Crippen molar-refractivity contribution in [2.45, 2.75) is 70.2 Å². The molecule has 31 heavy (non-hydrogen) atoms. The second-order valence-electron chi connectivity index (χ2n) is 9.89. The van der Waals surface area contributed by atoms with Crippen LogP contribution in [-0.2, 0) is 19.1 Å². The number of carboxylic acid groups (broad SMARTS) is 1. The van der Waals surface area contributed by atoms with Gasteiger partial charge in [-0.3, -0.25) is 9.59 Å². The van der Waals surface area contributed by atoms with Crippen LogP contribution in [0.2, 0.25) is 0 Å². The third kappa shape index (κ3) is 2.44. The molecule has 0 spiro atoms. The number of fused-ring (bicyclic) bond motifs is 5. The molecule has 7 atom stereocenters. The predicted molar refractivity (Wildman–Crippen MR) is 110 cm³/mol. The molecule has 7 heteroatoms. The normalized spacial score (nSPS) is 46.0. The Kier molecular flexibility index (Phi) is 4.68. The van der Waals surface area contributed by atoms with E-state index in [2.05, 4.69) is 6.58 Å². The standard InChI is InChI=1S/C24H29FO6/c1-5-19(28)31-24(20(29)30)13(2)10-17-16-7-6-14-11-15(26)8-9-21(14,3)23(16,25)18(27)12-22(17,24)4/h8-9,11,16-18,27H,2,5-7,10,12H2,1,3-4H3,(H,29,30)/t16-,17-,18-,21-,22-,23-,24-/m0/s1. The number of ketones is 1. The highest BCUT2D eigenvalue weighted by Crippen LogP contribution is 2.71. The molecule has 168 valence electrons. The quantitative estimate of drug-likeness (QED) is 0.524. The summed E-state index contributed by atoms with van der Waals surface area (Å²) in [6, 6.07) is 0. The number of carbonyl (C=O) groups is 3. The largest absolute Gasteiger partial charge is 0.478 e. The molecule has 4 rings (SSSR count). The van der Waals surface area contributed by atoms with E-state index < -0.39 is 52.0 Å². The SMILES string of the molecule is C=C1C[C@H]2[C@@H]3CCC4=CC(=O)C=C[C@]4(C)[C@@]3(F)[C@@H](O)C[C@]2(C)[C@@]1(OC(=O)CC)C(=O)O. The van der Waals surface area contributed by atoms with E-state index in [0.29, 0.717) is 18.4 Å². The first-order chi connectivity index (χ1) is 14.4. The lowest BCUT2D eigenvalue weighted by Crippen LogP contribution is -2.69. The van der Waals surface area contributed by atoms with E-state index in [1.165, 1.54) is 12.2 Å². The van der Waals surface area contributed by atoms with Crippen molar-refractivity contribution in [1.29, 1.82) is 0 Å². The van der Waals surface area contributed by atoms with Crippen LogP contribution in [0, 0.1) is 22.7 Å². The summed E-state index contributed by atoms with van der Waals surface area (Å²) in [5.74, 6) is -3.38. The molecule has 0 aromatic carbocycles. The minimum absolute atomic E-state index is 0.00681. The highest BCUT2D eigenvalue weighted by Gasteiger charge is 2.77. The number of aliphatic hydroxyl groups excluding tert-OH is 1. The van der Waals surface area contributed by atoms with E-state index >= 15 is 4.39 Å². The van der Waals surface area contributed by atoms with E-state index in [1.807, 2.05) is 0 Å². The fraction of sp³-hybridized carbons (Fsp3) is 0.625. The number of hydrogen-bond donors (Lipinski definition) is 2. The molecule has 0 aromatic heterocycles. The van der Waals surface area contributed by atoms with Crippen molar-refractivity contribution in [1.82, 2.24) is 0 Å². The summed E-state index contributed by atoms with van der Waals surface area (Å²) in [5, 5.41) is 21.5. The van der Waals surface area contributed by atoms with Gasteiger partial charge in [-0.05, 0) is 56.3 Å². The molecule has 0 radical (unpaired) electrons. The molecule has 3 fully saturated rings. The van der Waals surface area contributed by atoms with Crippen LogP contribution in [0.1, 0.15) is 52.9 Å². The molecule has 0 heterocycles. The maximum absolute atomic E-state index is 17.0. The van der Waals surface area contributed by atoms with Gasteiger partial charge >= 0.3 is 11.9 Å². The van der Waals surface area contributed by atoms with E-state index in [0.717, 1.165) is 0 Å². The average molecular weight is 432 g/mol. The van der Waals surface area contributed by atoms with Crippen LogP contribution in [0.15, 0.2) is 36.0 Å². The molecule has 3 saturated carbocycles. The first kappa shape index (κ1) is 21.9. The topological polar surface area (TPSA) is 101 Å². The summed E-state index contributed by atoms with van der Waals surface area (Å²) >= 11 is 0. The Morgan fingerprint density at radius 2 is 2.00 bits per heavy atom. The van der Waals surface area contributed by atoms with Crippen LogP contribution >= 0.6 is 0 Å². The number of hydrogen-bond acceptors (Lipinski definition) is 5. The van der Waals surface area contributed by atoms with Gasteiger partial charge in [0.25, 0.3) is 0 Å². The second kappa shape index (κ2) is 6.61. The van der Waals surface area contributed by atoms with Crippen molar-refractivity contribution >= 4 is 17.7 Å². The number of alkyl halides is 1. The molecule has 0 unspecified atom stereocenters. The summed E-state index contributed by atoms with van der Waals surface area (Å²) in [6.45, 7) is 8.89. The number of allylic oxidation sites excluding steroid dienone is 4. The number of carbonyl (C=O) groups excluding carboxylic acids is 2. The summed E-state index contributed by atoms with van der Waals surface area (Å²) in [4.78, 5) is 36.7. The minimum atomic E-state index is -2.08. The minimum Gasteiger partial charge on any atom is -0.478 e. The fourth-order valence-electron chi connectivity index (χ4n) is 7.03. The average Bonchev–Trinajstić information content (AvgIpc) is 2.91. The highest BCUT2D eigenvalue weighted by atomic mass is 19.1. The van der Waals surface area contributed by atoms with Gasteiger partial charge in [0.15, 0.2) is 11.5 Å². The Morgan fingerprint density at radius 1 is 1.32 bits per heavy atom. The molecule has 0 amide bonds. The lowest BCUT2D eigenvalue weighted by Gasteiger charge is -2.62. The number of halogens is 1. The van der Waals surface area contributed by atoms with Gasteiger partial charge in [0, 0.05) is 23.2 Å².